The maximum Gasteiger partial charge on any atom is 0.269 e. The van der Waals surface area contributed by atoms with Crippen LogP contribution in [-0.2, 0) is 0 Å². The van der Waals surface area contributed by atoms with Crippen molar-refractivity contribution in [3.05, 3.63) is 81.9 Å². The second-order valence-corrected chi connectivity index (χ2v) is 5.84. The molecule has 5 nitrogen and oxygen atoms in total. The van der Waals surface area contributed by atoms with Crippen molar-refractivity contribution in [1.82, 2.24) is 0 Å². The Labute approximate surface area is 145 Å². The first-order valence-corrected chi connectivity index (χ1v) is 8.07. The lowest BCUT2D eigenvalue weighted by molar-refractivity contribution is -0.384. The number of nitro groups is 1. The van der Waals surface area contributed by atoms with Crippen LogP contribution in [0.5, 0.6) is 0 Å². The van der Waals surface area contributed by atoms with E-state index in [0.29, 0.717) is 17.7 Å². The molecule has 0 radical (unpaired) electrons. The maximum atomic E-state index is 13.0. The van der Waals surface area contributed by atoms with Crippen LogP contribution in [0.2, 0.25) is 0 Å². The number of non-ortho nitro benzene ring substituents is 1. The van der Waals surface area contributed by atoms with Crippen LogP contribution in [0.15, 0.2) is 60.7 Å². The summed E-state index contributed by atoms with van der Waals surface area (Å²) in [6.45, 7) is 4.13. The molecular weight excluding hydrogens is 316 g/mol. The monoisotopic (exact) mass is 334 g/mol. The van der Waals surface area contributed by atoms with Crippen molar-refractivity contribution >= 4 is 28.1 Å². The van der Waals surface area contributed by atoms with Gasteiger partial charge in [0.1, 0.15) is 0 Å². The van der Waals surface area contributed by atoms with Crippen molar-refractivity contribution in [3.8, 4) is 0 Å². The van der Waals surface area contributed by atoms with Crippen LogP contribution < -0.4 is 4.90 Å². The molecule has 0 aromatic heterocycles. The Kier molecular flexibility index (Phi) is 4.48. The van der Waals surface area contributed by atoms with E-state index in [1.165, 1.54) is 18.2 Å². The van der Waals surface area contributed by atoms with Gasteiger partial charge in [-0.3, -0.25) is 14.9 Å². The van der Waals surface area contributed by atoms with Crippen molar-refractivity contribution in [2.75, 3.05) is 11.4 Å². The van der Waals surface area contributed by atoms with Crippen LogP contribution in [0.1, 0.15) is 22.8 Å². The molecule has 0 heterocycles. The van der Waals surface area contributed by atoms with Gasteiger partial charge in [-0.2, -0.15) is 0 Å². The Morgan fingerprint density at radius 1 is 1.04 bits per heavy atom. The largest absolute Gasteiger partial charge is 0.309 e. The van der Waals surface area contributed by atoms with E-state index in [4.69, 9.17) is 0 Å². The number of fused-ring (bicyclic) bond motifs is 1. The first-order valence-electron chi connectivity index (χ1n) is 8.07. The van der Waals surface area contributed by atoms with Gasteiger partial charge in [0.05, 0.1) is 4.92 Å². The van der Waals surface area contributed by atoms with Gasteiger partial charge in [0.2, 0.25) is 0 Å². The second-order valence-electron chi connectivity index (χ2n) is 5.84. The zero-order chi connectivity index (χ0) is 18.0. The number of benzene rings is 3. The Bertz CT molecular complexity index is 966. The third kappa shape index (κ3) is 3.21. The molecule has 5 heteroatoms. The van der Waals surface area contributed by atoms with Crippen molar-refractivity contribution < 1.29 is 9.72 Å². The van der Waals surface area contributed by atoms with Gasteiger partial charge < -0.3 is 4.90 Å². The summed E-state index contributed by atoms with van der Waals surface area (Å²) in [6.07, 6.45) is 0. The predicted molar refractivity (Wildman–Crippen MR) is 99.1 cm³/mol. The Balaban J connectivity index is 1.99. The highest BCUT2D eigenvalue weighted by Gasteiger charge is 2.20. The highest BCUT2D eigenvalue weighted by Crippen LogP contribution is 2.25. The number of nitro benzene ring substituents is 1. The van der Waals surface area contributed by atoms with E-state index in [1.54, 1.807) is 11.8 Å². The summed E-state index contributed by atoms with van der Waals surface area (Å²) < 4.78 is 0. The SMILES string of the molecule is CCN(C(=O)c1ccc([N+](=O)[O-])cc1C)c1ccc2ccccc2c1. The molecule has 0 aliphatic carbocycles. The van der Waals surface area contributed by atoms with Gasteiger partial charge in [0.15, 0.2) is 0 Å². The number of carbonyl (C=O) groups excluding carboxylic acids is 1. The summed E-state index contributed by atoms with van der Waals surface area (Å²) in [5, 5.41) is 13.1. The summed E-state index contributed by atoms with van der Waals surface area (Å²) in [7, 11) is 0. The molecule has 3 rings (SSSR count). The van der Waals surface area contributed by atoms with E-state index in [2.05, 4.69) is 0 Å². The van der Waals surface area contributed by atoms with E-state index in [1.807, 2.05) is 49.4 Å². The molecule has 0 saturated carbocycles. The molecule has 0 fully saturated rings. The van der Waals surface area contributed by atoms with Gasteiger partial charge in [-0.15, -0.1) is 0 Å². The molecule has 25 heavy (non-hydrogen) atoms. The van der Waals surface area contributed by atoms with Crippen LogP contribution in [-0.4, -0.2) is 17.4 Å². The molecule has 0 aliphatic heterocycles. The van der Waals surface area contributed by atoms with Crippen molar-refractivity contribution in [2.24, 2.45) is 0 Å². The van der Waals surface area contributed by atoms with E-state index in [0.717, 1.165) is 16.5 Å². The lowest BCUT2D eigenvalue weighted by Crippen LogP contribution is -2.31. The van der Waals surface area contributed by atoms with Gasteiger partial charge >= 0.3 is 0 Å². The Morgan fingerprint density at radius 3 is 2.40 bits per heavy atom. The fraction of sp³-hybridized carbons (Fsp3) is 0.150. The predicted octanol–water partition coefficient (Wildman–Crippen LogP) is 4.72. The molecule has 126 valence electrons. The molecular formula is C20H18N2O3. The molecule has 0 spiro atoms. The smallest absolute Gasteiger partial charge is 0.269 e. The molecule has 0 N–H and O–H groups in total. The Hall–Kier alpha value is -3.21. The maximum absolute atomic E-state index is 13.0. The van der Waals surface area contributed by atoms with Gasteiger partial charge in [0.25, 0.3) is 11.6 Å². The van der Waals surface area contributed by atoms with Crippen LogP contribution >= 0.6 is 0 Å². The number of aryl methyl sites for hydroxylation is 1. The summed E-state index contributed by atoms with van der Waals surface area (Å²) in [4.78, 5) is 25.1. The summed E-state index contributed by atoms with van der Waals surface area (Å²) in [6, 6.07) is 18.2. The first kappa shape index (κ1) is 16.6. The minimum atomic E-state index is -0.456. The molecule has 0 saturated heterocycles. The molecule has 0 bridgehead atoms. The normalized spacial score (nSPS) is 10.6. The highest BCUT2D eigenvalue weighted by atomic mass is 16.6. The van der Waals surface area contributed by atoms with Crippen molar-refractivity contribution in [2.45, 2.75) is 13.8 Å². The molecule has 3 aromatic carbocycles. The van der Waals surface area contributed by atoms with Gasteiger partial charge in [-0.1, -0.05) is 30.3 Å². The zero-order valence-corrected chi connectivity index (χ0v) is 14.1. The fourth-order valence-electron chi connectivity index (χ4n) is 2.93. The zero-order valence-electron chi connectivity index (χ0n) is 14.1. The number of nitrogens with zero attached hydrogens (tertiary/aromatic N) is 2. The molecule has 0 atom stereocenters. The first-order chi connectivity index (χ1) is 12.0. The number of carbonyl (C=O) groups is 1. The number of amides is 1. The number of anilines is 1. The molecule has 0 unspecified atom stereocenters. The van der Waals surface area contributed by atoms with Crippen LogP contribution in [0.25, 0.3) is 10.8 Å². The fourth-order valence-corrected chi connectivity index (χ4v) is 2.93. The number of rotatable bonds is 4. The quantitative estimate of drug-likeness (QED) is 0.512. The van der Waals surface area contributed by atoms with Crippen molar-refractivity contribution in [1.29, 1.82) is 0 Å². The minimum Gasteiger partial charge on any atom is -0.309 e. The Morgan fingerprint density at radius 2 is 1.76 bits per heavy atom. The summed E-state index contributed by atoms with van der Waals surface area (Å²) in [5.41, 5.74) is 1.87. The lowest BCUT2D eigenvalue weighted by atomic mass is 10.1. The summed E-state index contributed by atoms with van der Waals surface area (Å²) in [5.74, 6) is -0.162. The lowest BCUT2D eigenvalue weighted by Gasteiger charge is -2.22. The van der Waals surface area contributed by atoms with Crippen LogP contribution in [0.3, 0.4) is 0 Å². The molecule has 3 aromatic rings. The average molecular weight is 334 g/mol. The van der Waals surface area contributed by atoms with E-state index < -0.39 is 4.92 Å². The van der Waals surface area contributed by atoms with E-state index in [-0.39, 0.29) is 11.6 Å². The van der Waals surface area contributed by atoms with E-state index >= 15 is 0 Å². The average Bonchev–Trinajstić information content (AvgIpc) is 2.62. The third-order valence-corrected chi connectivity index (χ3v) is 4.26. The number of hydrogen-bond acceptors (Lipinski definition) is 3. The minimum absolute atomic E-state index is 0.0113. The summed E-state index contributed by atoms with van der Waals surface area (Å²) >= 11 is 0. The van der Waals surface area contributed by atoms with Crippen molar-refractivity contribution in [3.63, 3.8) is 0 Å². The molecule has 1 amide bonds. The number of hydrogen-bond donors (Lipinski definition) is 0. The van der Waals surface area contributed by atoms with Crippen LogP contribution in [0, 0.1) is 17.0 Å². The van der Waals surface area contributed by atoms with Crippen LogP contribution in [0.4, 0.5) is 11.4 Å². The third-order valence-electron chi connectivity index (χ3n) is 4.26. The van der Waals surface area contributed by atoms with Gasteiger partial charge in [0, 0.05) is 29.9 Å². The topological polar surface area (TPSA) is 63.5 Å². The van der Waals surface area contributed by atoms with Gasteiger partial charge in [-0.05, 0) is 48.4 Å². The standard InChI is InChI=1S/C20H18N2O3/c1-3-21(17-9-8-15-6-4-5-7-16(15)13-17)20(23)19-11-10-18(22(24)25)12-14(19)2/h4-13H,3H2,1-2H3. The second kappa shape index (κ2) is 6.73. The highest BCUT2D eigenvalue weighted by molar-refractivity contribution is 6.08. The van der Waals surface area contributed by atoms with E-state index in [9.17, 15) is 14.9 Å². The molecule has 0 aliphatic rings. The van der Waals surface area contributed by atoms with Gasteiger partial charge in [-0.25, -0.2) is 0 Å².